The third kappa shape index (κ3) is 2.43. The van der Waals surface area contributed by atoms with E-state index in [1.807, 2.05) is 0 Å². The van der Waals surface area contributed by atoms with Gasteiger partial charge in [-0.15, -0.1) is 0 Å². The van der Waals surface area contributed by atoms with E-state index in [0.717, 1.165) is 0 Å². The van der Waals surface area contributed by atoms with Gasteiger partial charge in [-0.1, -0.05) is 0 Å². The van der Waals surface area contributed by atoms with Gasteiger partial charge in [-0.2, -0.15) is 9.78 Å². The zero-order valence-electron chi connectivity index (χ0n) is 5.96. The standard InChI is InChI=1S/C6H10O4/c1-6(2,8)3-4(7)5-9-10-5/h5,8H,3H2,1-2H3. The highest BCUT2D eigenvalue weighted by Crippen LogP contribution is 2.19. The number of carbonyl (C=O) groups is 1. The van der Waals surface area contributed by atoms with Crippen LogP contribution in [0, 0.1) is 0 Å². The number of hydrogen-bond donors (Lipinski definition) is 1. The van der Waals surface area contributed by atoms with Crippen molar-refractivity contribution in [3.05, 3.63) is 0 Å². The van der Waals surface area contributed by atoms with E-state index in [0.29, 0.717) is 0 Å². The number of hydrogen-bond acceptors (Lipinski definition) is 4. The Balaban J connectivity index is 2.30. The molecule has 1 fully saturated rings. The molecule has 1 saturated heterocycles. The molecule has 1 heterocycles. The smallest absolute Gasteiger partial charge is 0.282 e. The van der Waals surface area contributed by atoms with Crippen LogP contribution >= 0.6 is 0 Å². The van der Waals surface area contributed by atoms with Gasteiger partial charge in [-0.25, -0.2) is 0 Å². The Bertz CT molecular complexity index is 142. The molecule has 0 atom stereocenters. The molecule has 10 heavy (non-hydrogen) atoms. The molecule has 0 radical (unpaired) electrons. The molecule has 0 aromatic rings. The molecule has 58 valence electrons. The Morgan fingerprint density at radius 1 is 1.60 bits per heavy atom. The molecule has 0 spiro atoms. The number of carbonyl (C=O) groups excluding carboxylic acids is 1. The topological polar surface area (TPSA) is 62.4 Å². The summed E-state index contributed by atoms with van der Waals surface area (Å²) in [7, 11) is 0. The van der Waals surface area contributed by atoms with Crippen LogP contribution in [0.2, 0.25) is 0 Å². The second kappa shape index (κ2) is 2.30. The lowest BCUT2D eigenvalue weighted by atomic mass is 10.0. The first-order valence-electron chi connectivity index (χ1n) is 3.06. The van der Waals surface area contributed by atoms with Crippen LogP contribution in [0.1, 0.15) is 20.3 Å². The Morgan fingerprint density at radius 3 is 2.40 bits per heavy atom. The van der Waals surface area contributed by atoms with Gasteiger partial charge in [0, 0.05) is 6.42 Å². The number of aliphatic hydroxyl groups is 1. The predicted octanol–water partition coefficient (Wildman–Crippen LogP) is 0.00440. The molecule has 4 nitrogen and oxygen atoms in total. The molecule has 1 aliphatic rings. The van der Waals surface area contributed by atoms with E-state index in [1.54, 1.807) is 13.8 Å². The van der Waals surface area contributed by atoms with Gasteiger partial charge in [0.2, 0.25) is 0 Å². The Morgan fingerprint density at radius 2 is 2.10 bits per heavy atom. The number of Topliss-reactive ketones (excluding diaryl/α,β-unsaturated/α-hetero) is 1. The van der Waals surface area contributed by atoms with Gasteiger partial charge in [0.05, 0.1) is 5.60 Å². The first-order valence-corrected chi connectivity index (χ1v) is 3.06. The third-order valence-electron chi connectivity index (χ3n) is 1.06. The van der Waals surface area contributed by atoms with Crippen LogP contribution in [-0.2, 0) is 14.6 Å². The normalized spacial score (nSPS) is 19.1. The first kappa shape index (κ1) is 7.65. The van der Waals surface area contributed by atoms with Crippen LogP contribution in [0.3, 0.4) is 0 Å². The summed E-state index contributed by atoms with van der Waals surface area (Å²) in [6.45, 7) is 3.13. The Kier molecular flexibility index (Phi) is 1.76. The van der Waals surface area contributed by atoms with Crippen LogP contribution in [0.15, 0.2) is 0 Å². The maximum Gasteiger partial charge on any atom is 0.282 e. The second-order valence-electron chi connectivity index (χ2n) is 2.98. The predicted molar refractivity (Wildman–Crippen MR) is 31.9 cm³/mol. The summed E-state index contributed by atoms with van der Waals surface area (Å²) in [5, 5.41) is 9.13. The average molecular weight is 146 g/mol. The van der Waals surface area contributed by atoms with Gasteiger partial charge in [-0.05, 0) is 13.8 Å². The van der Waals surface area contributed by atoms with Crippen molar-refractivity contribution in [1.29, 1.82) is 0 Å². The van der Waals surface area contributed by atoms with Gasteiger partial charge >= 0.3 is 0 Å². The van der Waals surface area contributed by atoms with Crippen molar-refractivity contribution < 1.29 is 19.7 Å². The van der Waals surface area contributed by atoms with Crippen molar-refractivity contribution >= 4 is 5.78 Å². The summed E-state index contributed by atoms with van der Waals surface area (Å²) in [6.07, 6.45) is -0.649. The number of rotatable bonds is 3. The molecular weight excluding hydrogens is 136 g/mol. The van der Waals surface area contributed by atoms with E-state index in [4.69, 9.17) is 5.11 Å². The van der Waals surface area contributed by atoms with Crippen LogP contribution in [-0.4, -0.2) is 22.8 Å². The molecule has 1 rings (SSSR count). The molecule has 0 amide bonds. The van der Waals surface area contributed by atoms with E-state index < -0.39 is 11.9 Å². The van der Waals surface area contributed by atoms with Crippen LogP contribution in [0.4, 0.5) is 0 Å². The van der Waals surface area contributed by atoms with Gasteiger partial charge in [-0.3, -0.25) is 4.79 Å². The van der Waals surface area contributed by atoms with Gasteiger partial charge in [0.15, 0.2) is 5.78 Å². The van der Waals surface area contributed by atoms with Crippen molar-refractivity contribution in [3.63, 3.8) is 0 Å². The van der Waals surface area contributed by atoms with Crippen LogP contribution in [0.5, 0.6) is 0 Å². The van der Waals surface area contributed by atoms with Gasteiger partial charge in [0.1, 0.15) is 0 Å². The molecule has 0 aromatic heterocycles. The largest absolute Gasteiger partial charge is 0.390 e. The number of ketones is 1. The minimum atomic E-state index is -0.966. The van der Waals surface area contributed by atoms with Crippen molar-refractivity contribution in [2.75, 3.05) is 0 Å². The zero-order valence-corrected chi connectivity index (χ0v) is 5.96. The van der Waals surface area contributed by atoms with Crippen LogP contribution < -0.4 is 0 Å². The van der Waals surface area contributed by atoms with E-state index >= 15 is 0 Å². The summed E-state index contributed by atoms with van der Waals surface area (Å²) >= 11 is 0. The molecule has 1 N–H and O–H groups in total. The summed E-state index contributed by atoms with van der Waals surface area (Å²) in [4.78, 5) is 19.3. The minimum absolute atomic E-state index is 0.0671. The first-order chi connectivity index (χ1) is 4.49. The lowest BCUT2D eigenvalue weighted by Gasteiger charge is -2.13. The van der Waals surface area contributed by atoms with Gasteiger partial charge in [0.25, 0.3) is 6.29 Å². The van der Waals surface area contributed by atoms with Crippen molar-refractivity contribution in [3.8, 4) is 0 Å². The van der Waals surface area contributed by atoms with Crippen molar-refractivity contribution in [1.82, 2.24) is 0 Å². The lowest BCUT2D eigenvalue weighted by Crippen LogP contribution is -2.25. The zero-order chi connectivity index (χ0) is 7.78. The van der Waals surface area contributed by atoms with Crippen LogP contribution in [0.25, 0.3) is 0 Å². The fourth-order valence-electron chi connectivity index (χ4n) is 0.645. The summed E-state index contributed by atoms with van der Waals surface area (Å²) in [5.74, 6) is -0.215. The van der Waals surface area contributed by atoms with Gasteiger partial charge < -0.3 is 5.11 Å². The molecule has 4 heteroatoms. The maximum absolute atomic E-state index is 10.8. The van der Waals surface area contributed by atoms with E-state index in [1.165, 1.54) is 0 Å². The highest BCUT2D eigenvalue weighted by molar-refractivity contribution is 5.83. The lowest BCUT2D eigenvalue weighted by molar-refractivity contribution is -0.124. The molecule has 0 unspecified atom stereocenters. The fourth-order valence-corrected chi connectivity index (χ4v) is 0.645. The highest BCUT2D eigenvalue weighted by atomic mass is 17.4. The Labute approximate surface area is 58.7 Å². The molecule has 0 saturated carbocycles. The molecule has 1 aliphatic heterocycles. The SMILES string of the molecule is CC(C)(O)CC(=O)C1OO1. The monoisotopic (exact) mass is 146 g/mol. The highest BCUT2D eigenvalue weighted by Gasteiger charge is 2.37. The van der Waals surface area contributed by atoms with E-state index in [2.05, 4.69) is 9.78 Å². The molecule has 0 aliphatic carbocycles. The average Bonchev–Trinajstić information content (AvgIpc) is 2.35. The van der Waals surface area contributed by atoms with E-state index in [9.17, 15) is 4.79 Å². The molecule has 0 aromatic carbocycles. The minimum Gasteiger partial charge on any atom is -0.390 e. The van der Waals surface area contributed by atoms with Crippen molar-refractivity contribution in [2.24, 2.45) is 0 Å². The second-order valence-corrected chi connectivity index (χ2v) is 2.98. The Hall–Kier alpha value is -0.450. The quantitative estimate of drug-likeness (QED) is 0.450. The maximum atomic E-state index is 10.8. The fraction of sp³-hybridized carbons (Fsp3) is 0.833. The summed E-state index contributed by atoms with van der Waals surface area (Å²) < 4.78 is 0. The van der Waals surface area contributed by atoms with Crippen molar-refractivity contribution in [2.45, 2.75) is 32.2 Å². The molecule has 0 bridgehead atoms. The molecular formula is C6H10O4. The van der Waals surface area contributed by atoms with E-state index in [-0.39, 0.29) is 12.2 Å². The summed E-state index contributed by atoms with van der Waals surface area (Å²) in [6, 6.07) is 0. The third-order valence-corrected chi connectivity index (χ3v) is 1.06. The summed E-state index contributed by atoms with van der Waals surface area (Å²) in [5.41, 5.74) is -0.966.